The Labute approximate surface area is 181 Å². The average Bonchev–Trinajstić information content (AvgIpc) is 3.18. The van der Waals surface area contributed by atoms with Crippen molar-refractivity contribution in [3.05, 3.63) is 89.1 Å². The van der Waals surface area contributed by atoms with E-state index in [9.17, 15) is 4.79 Å². The van der Waals surface area contributed by atoms with E-state index in [1.165, 1.54) is 5.56 Å². The monoisotopic (exact) mass is 411 g/mol. The number of rotatable bonds is 4. The molecule has 0 saturated carbocycles. The summed E-state index contributed by atoms with van der Waals surface area (Å²) in [6.45, 7) is 3.42. The fourth-order valence-corrected chi connectivity index (χ4v) is 4.45. The van der Waals surface area contributed by atoms with Crippen LogP contribution in [0, 0.1) is 6.92 Å². The number of fused-ring (bicyclic) bond motifs is 2. The summed E-state index contributed by atoms with van der Waals surface area (Å²) in [7, 11) is 1.86. The summed E-state index contributed by atoms with van der Waals surface area (Å²) in [6.07, 6.45) is 3.74. The first kappa shape index (κ1) is 19.4. The Hall–Kier alpha value is -3.54. The summed E-state index contributed by atoms with van der Waals surface area (Å²) in [6, 6.07) is 18.2. The van der Waals surface area contributed by atoms with Crippen molar-refractivity contribution in [3.8, 4) is 0 Å². The van der Waals surface area contributed by atoms with Crippen molar-refractivity contribution in [3.63, 3.8) is 0 Å². The zero-order chi connectivity index (χ0) is 21.4. The highest BCUT2D eigenvalue weighted by atomic mass is 16.2. The van der Waals surface area contributed by atoms with E-state index >= 15 is 0 Å². The van der Waals surface area contributed by atoms with E-state index in [0.717, 1.165) is 53.1 Å². The topological polar surface area (TPSA) is 63.9 Å². The summed E-state index contributed by atoms with van der Waals surface area (Å²) >= 11 is 0. The van der Waals surface area contributed by atoms with Gasteiger partial charge in [-0.1, -0.05) is 24.3 Å². The Morgan fingerprint density at radius 1 is 1.13 bits per heavy atom. The molecule has 6 heteroatoms. The molecule has 0 N–H and O–H groups in total. The Morgan fingerprint density at radius 2 is 2.03 bits per heavy atom. The molecule has 1 aliphatic heterocycles. The van der Waals surface area contributed by atoms with Crippen molar-refractivity contribution in [2.75, 3.05) is 7.05 Å². The van der Waals surface area contributed by atoms with Gasteiger partial charge in [0, 0.05) is 49.6 Å². The predicted molar refractivity (Wildman–Crippen MR) is 120 cm³/mol. The van der Waals surface area contributed by atoms with Crippen LogP contribution in [0.5, 0.6) is 0 Å². The van der Waals surface area contributed by atoms with Gasteiger partial charge in [-0.05, 0) is 54.8 Å². The summed E-state index contributed by atoms with van der Waals surface area (Å²) < 4.78 is 2.20. The molecule has 156 valence electrons. The third-order valence-electron chi connectivity index (χ3n) is 6.17. The molecule has 0 saturated heterocycles. The lowest BCUT2D eigenvalue weighted by Gasteiger charge is -2.25. The van der Waals surface area contributed by atoms with Crippen molar-refractivity contribution >= 4 is 16.8 Å². The standard InChI is InChI=1S/C25H25N5O/c1-17-27-28-24-11-9-22(16-30(17)24)19-5-3-6-21(14-19)25(31)29(2)15-18-8-10-23-20(13-18)7-4-12-26-23/h3-8,10,12-14,22H,9,11,15-16H2,1-2H3/t22-/m1/s1. The van der Waals surface area contributed by atoms with E-state index in [1.54, 1.807) is 11.1 Å². The number of hydrogen-bond acceptors (Lipinski definition) is 4. The maximum atomic E-state index is 13.1. The number of carbonyl (C=O) groups is 1. The lowest BCUT2D eigenvalue weighted by atomic mass is 9.90. The zero-order valence-electron chi connectivity index (χ0n) is 17.8. The van der Waals surface area contributed by atoms with Crippen LogP contribution in [0.15, 0.2) is 60.8 Å². The van der Waals surface area contributed by atoms with Gasteiger partial charge in [0.2, 0.25) is 0 Å². The Bertz CT molecular complexity index is 1260. The lowest BCUT2D eigenvalue weighted by Crippen LogP contribution is -2.26. The first-order valence-electron chi connectivity index (χ1n) is 10.7. The van der Waals surface area contributed by atoms with Gasteiger partial charge in [-0.15, -0.1) is 10.2 Å². The van der Waals surface area contributed by atoms with E-state index < -0.39 is 0 Å². The number of pyridine rings is 1. The van der Waals surface area contributed by atoms with E-state index in [-0.39, 0.29) is 5.91 Å². The molecular weight excluding hydrogens is 386 g/mol. The summed E-state index contributed by atoms with van der Waals surface area (Å²) in [4.78, 5) is 19.3. The van der Waals surface area contributed by atoms with Gasteiger partial charge in [-0.3, -0.25) is 9.78 Å². The highest BCUT2D eigenvalue weighted by Gasteiger charge is 2.23. The number of hydrogen-bond donors (Lipinski definition) is 0. The number of nitrogens with zero attached hydrogens (tertiary/aromatic N) is 5. The molecule has 0 aliphatic carbocycles. The number of aryl methyl sites for hydroxylation is 2. The third-order valence-corrected chi connectivity index (χ3v) is 6.17. The second-order valence-electron chi connectivity index (χ2n) is 8.33. The molecule has 1 amide bonds. The molecule has 5 rings (SSSR count). The molecule has 0 radical (unpaired) electrons. The molecule has 1 aliphatic rings. The van der Waals surface area contributed by atoms with Gasteiger partial charge >= 0.3 is 0 Å². The van der Waals surface area contributed by atoms with Crippen LogP contribution in [0.1, 0.15) is 45.5 Å². The molecule has 0 spiro atoms. The molecule has 31 heavy (non-hydrogen) atoms. The van der Waals surface area contributed by atoms with Gasteiger partial charge in [0.25, 0.3) is 5.91 Å². The van der Waals surface area contributed by atoms with Crippen LogP contribution < -0.4 is 0 Å². The van der Waals surface area contributed by atoms with E-state index in [2.05, 4.69) is 37.9 Å². The van der Waals surface area contributed by atoms with Crippen LogP contribution in [0.4, 0.5) is 0 Å². The van der Waals surface area contributed by atoms with Crippen LogP contribution in [0.2, 0.25) is 0 Å². The summed E-state index contributed by atoms with van der Waals surface area (Å²) in [5, 5.41) is 9.55. The number of carbonyl (C=O) groups excluding carboxylic acids is 1. The van der Waals surface area contributed by atoms with Crippen LogP contribution in [0.25, 0.3) is 10.9 Å². The van der Waals surface area contributed by atoms with Gasteiger partial charge in [0.15, 0.2) is 0 Å². The number of aromatic nitrogens is 4. The van der Waals surface area contributed by atoms with Gasteiger partial charge in [-0.25, -0.2) is 0 Å². The molecule has 0 unspecified atom stereocenters. The average molecular weight is 412 g/mol. The molecule has 3 heterocycles. The fraction of sp³-hybridized carbons (Fsp3) is 0.280. The van der Waals surface area contributed by atoms with Crippen LogP contribution in [-0.2, 0) is 19.5 Å². The van der Waals surface area contributed by atoms with E-state index in [0.29, 0.717) is 12.5 Å². The minimum atomic E-state index is 0.0325. The van der Waals surface area contributed by atoms with E-state index in [4.69, 9.17) is 0 Å². The largest absolute Gasteiger partial charge is 0.337 e. The highest BCUT2D eigenvalue weighted by molar-refractivity contribution is 5.94. The summed E-state index contributed by atoms with van der Waals surface area (Å²) in [5.74, 6) is 2.42. The third kappa shape index (κ3) is 3.81. The molecular formula is C25H25N5O. The molecule has 4 aromatic rings. The molecule has 1 atom stereocenters. The van der Waals surface area contributed by atoms with Crippen LogP contribution in [0.3, 0.4) is 0 Å². The molecule has 2 aromatic carbocycles. The van der Waals surface area contributed by atoms with Gasteiger partial charge in [0.1, 0.15) is 11.6 Å². The van der Waals surface area contributed by atoms with E-state index in [1.807, 2.05) is 50.4 Å². The second-order valence-corrected chi connectivity index (χ2v) is 8.33. The first-order valence-corrected chi connectivity index (χ1v) is 10.7. The maximum absolute atomic E-state index is 13.1. The van der Waals surface area contributed by atoms with Crippen molar-refractivity contribution in [1.29, 1.82) is 0 Å². The molecule has 2 aromatic heterocycles. The predicted octanol–water partition coefficient (Wildman–Crippen LogP) is 4.14. The normalized spacial score (nSPS) is 15.6. The minimum absolute atomic E-state index is 0.0325. The summed E-state index contributed by atoms with van der Waals surface area (Å²) in [5.41, 5.74) is 3.99. The van der Waals surface area contributed by atoms with Gasteiger partial charge in [0.05, 0.1) is 5.52 Å². The Balaban J connectivity index is 1.33. The SMILES string of the molecule is Cc1nnc2n1C[C@H](c1cccc(C(=O)N(C)Cc3ccc4ncccc4c3)c1)CC2. The van der Waals surface area contributed by atoms with Gasteiger partial charge in [-0.2, -0.15) is 0 Å². The molecule has 0 bridgehead atoms. The maximum Gasteiger partial charge on any atom is 0.253 e. The number of benzene rings is 2. The quantitative estimate of drug-likeness (QED) is 0.506. The first-order chi connectivity index (χ1) is 15.1. The molecule has 6 nitrogen and oxygen atoms in total. The Morgan fingerprint density at radius 3 is 2.94 bits per heavy atom. The van der Waals surface area contributed by atoms with Crippen molar-refractivity contribution in [1.82, 2.24) is 24.6 Å². The fourth-order valence-electron chi connectivity index (χ4n) is 4.45. The molecule has 0 fully saturated rings. The van der Waals surface area contributed by atoms with Crippen molar-refractivity contribution in [2.45, 2.75) is 38.8 Å². The second kappa shape index (κ2) is 7.95. The lowest BCUT2D eigenvalue weighted by molar-refractivity contribution is 0.0785. The highest BCUT2D eigenvalue weighted by Crippen LogP contribution is 2.29. The number of amides is 1. The Kier molecular flexibility index (Phi) is 4.98. The van der Waals surface area contributed by atoms with Crippen LogP contribution in [-0.4, -0.2) is 37.6 Å². The zero-order valence-corrected chi connectivity index (χ0v) is 17.8. The van der Waals surface area contributed by atoms with Crippen LogP contribution >= 0.6 is 0 Å². The van der Waals surface area contributed by atoms with Gasteiger partial charge < -0.3 is 9.47 Å². The van der Waals surface area contributed by atoms with Crippen molar-refractivity contribution < 1.29 is 4.79 Å². The van der Waals surface area contributed by atoms with Crippen molar-refractivity contribution in [2.24, 2.45) is 0 Å². The minimum Gasteiger partial charge on any atom is -0.337 e. The smallest absolute Gasteiger partial charge is 0.253 e.